The molecule has 0 aliphatic rings. The van der Waals surface area contributed by atoms with E-state index >= 15 is 0 Å². The van der Waals surface area contributed by atoms with Crippen molar-refractivity contribution in [2.75, 3.05) is 12.3 Å². The first-order chi connectivity index (χ1) is 5.89. The van der Waals surface area contributed by atoms with Crippen LogP contribution in [0.5, 0.6) is 0 Å². The molecule has 0 aromatic rings. The number of hydrogen-bond acceptors (Lipinski definition) is 3. The predicted molar refractivity (Wildman–Crippen MR) is 53.2 cm³/mol. The largest absolute Gasteiger partial charge is 0.387 e. The van der Waals surface area contributed by atoms with Crippen LogP contribution >= 0.6 is 0 Å². The Morgan fingerprint density at radius 1 is 1.62 bits per heavy atom. The lowest BCUT2D eigenvalue weighted by atomic mass is 10.2. The van der Waals surface area contributed by atoms with E-state index in [2.05, 4.69) is 4.72 Å². The Labute approximate surface area is 79.3 Å². The third-order valence-electron chi connectivity index (χ3n) is 1.61. The maximum atomic E-state index is 11.1. The van der Waals surface area contributed by atoms with Crippen molar-refractivity contribution >= 4 is 15.9 Å². The molecule has 0 spiro atoms. The summed E-state index contributed by atoms with van der Waals surface area (Å²) in [7, 11) is -3.16. The van der Waals surface area contributed by atoms with Gasteiger partial charge in [-0.25, -0.2) is 13.1 Å². The maximum absolute atomic E-state index is 11.1. The molecule has 0 saturated heterocycles. The first-order valence-corrected chi connectivity index (χ1v) is 5.85. The molecule has 0 aromatic heterocycles. The van der Waals surface area contributed by atoms with Gasteiger partial charge in [-0.15, -0.1) is 0 Å². The monoisotopic (exact) mass is 207 g/mol. The first-order valence-electron chi connectivity index (χ1n) is 4.20. The molecule has 1 atom stereocenters. The second-order valence-electron chi connectivity index (χ2n) is 3.02. The molecular formula is C7H17N3O2S. The SMILES string of the molecule is CCCS(=O)(=O)NCC(C)C(=N)N. The molecular weight excluding hydrogens is 190 g/mol. The minimum atomic E-state index is -3.16. The van der Waals surface area contributed by atoms with Gasteiger partial charge in [-0.05, 0) is 6.42 Å². The van der Waals surface area contributed by atoms with Crippen molar-refractivity contribution in [3.05, 3.63) is 0 Å². The average molecular weight is 207 g/mol. The van der Waals surface area contributed by atoms with Crippen LogP contribution in [0, 0.1) is 11.3 Å². The van der Waals surface area contributed by atoms with E-state index in [1.807, 2.05) is 0 Å². The summed E-state index contributed by atoms with van der Waals surface area (Å²) < 4.78 is 24.7. The van der Waals surface area contributed by atoms with Crippen LogP contribution in [-0.4, -0.2) is 26.6 Å². The lowest BCUT2D eigenvalue weighted by molar-refractivity contribution is 0.573. The first kappa shape index (κ1) is 12.4. The second-order valence-corrected chi connectivity index (χ2v) is 4.95. The average Bonchev–Trinajstić information content (AvgIpc) is 2.00. The summed E-state index contributed by atoms with van der Waals surface area (Å²) in [5, 5.41) is 7.05. The van der Waals surface area contributed by atoms with Gasteiger partial charge in [0.15, 0.2) is 0 Å². The maximum Gasteiger partial charge on any atom is 0.211 e. The Bertz CT molecular complexity index is 261. The van der Waals surface area contributed by atoms with Crippen LogP contribution in [0.15, 0.2) is 0 Å². The molecule has 0 aromatic carbocycles. The molecule has 0 rings (SSSR count). The van der Waals surface area contributed by atoms with Gasteiger partial charge >= 0.3 is 0 Å². The van der Waals surface area contributed by atoms with Crippen molar-refractivity contribution < 1.29 is 8.42 Å². The summed E-state index contributed by atoms with van der Waals surface area (Å²) in [6.45, 7) is 3.71. The molecule has 0 heterocycles. The zero-order valence-electron chi connectivity index (χ0n) is 8.00. The van der Waals surface area contributed by atoms with Crippen LogP contribution in [0.25, 0.3) is 0 Å². The minimum Gasteiger partial charge on any atom is -0.387 e. The molecule has 1 unspecified atom stereocenters. The number of amidine groups is 1. The Balaban J connectivity index is 3.95. The third-order valence-corrected chi connectivity index (χ3v) is 3.17. The second kappa shape index (κ2) is 5.18. The molecule has 0 aliphatic heterocycles. The lowest BCUT2D eigenvalue weighted by Gasteiger charge is -2.10. The fourth-order valence-corrected chi connectivity index (χ4v) is 1.89. The molecule has 0 radical (unpaired) electrons. The highest BCUT2D eigenvalue weighted by Gasteiger charge is 2.11. The van der Waals surface area contributed by atoms with Gasteiger partial charge in [0, 0.05) is 12.5 Å². The summed E-state index contributed by atoms with van der Waals surface area (Å²) >= 11 is 0. The number of hydrogen-bond donors (Lipinski definition) is 3. The van der Waals surface area contributed by atoms with Gasteiger partial charge in [0.05, 0.1) is 11.6 Å². The van der Waals surface area contributed by atoms with Gasteiger partial charge in [0.2, 0.25) is 10.0 Å². The molecule has 0 amide bonds. The van der Waals surface area contributed by atoms with E-state index < -0.39 is 10.0 Å². The zero-order chi connectivity index (χ0) is 10.5. The molecule has 4 N–H and O–H groups in total. The molecule has 78 valence electrons. The fraction of sp³-hybridized carbons (Fsp3) is 0.857. The van der Waals surface area contributed by atoms with E-state index in [9.17, 15) is 8.42 Å². The zero-order valence-corrected chi connectivity index (χ0v) is 8.82. The smallest absolute Gasteiger partial charge is 0.211 e. The summed E-state index contributed by atoms with van der Waals surface area (Å²) in [4.78, 5) is 0. The van der Waals surface area contributed by atoms with Crippen molar-refractivity contribution in [1.29, 1.82) is 5.41 Å². The third kappa shape index (κ3) is 5.59. The standard InChI is InChI=1S/C7H17N3O2S/c1-3-4-13(11,12)10-5-6(2)7(8)9/h6,10H,3-5H2,1-2H3,(H3,8,9). The van der Waals surface area contributed by atoms with Crippen molar-refractivity contribution in [3.63, 3.8) is 0 Å². The van der Waals surface area contributed by atoms with Crippen LogP contribution in [0.3, 0.4) is 0 Å². The van der Waals surface area contributed by atoms with Crippen molar-refractivity contribution in [3.8, 4) is 0 Å². The number of sulfonamides is 1. The van der Waals surface area contributed by atoms with Gasteiger partial charge in [0.1, 0.15) is 0 Å². The molecule has 6 heteroatoms. The Kier molecular flexibility index (Phi) is 4.94. The van der Waals surface area contributed by atoms with E-state index in [-0.39, 0.29) is 24.1 Å². The number of nitrogens with two attached hydrogens (primary N) is 1. The van der Waals surface area contributed by atoms with Gasteiger partial charge in [0.25, 0.3) is 0 Å². The molecule has 0 aliphatic carbocycles. The van der Waals surface area contributed by atoms with Gasteiger partial charge < -0.3 is 5.73 Å². The van der Waals surface area contributed by atoms with Crippen LogP contribution < -0.4 is 10.5 Å². The van der Waals surface area contributed by atoms with Crippen molar-refractivity contribution in [1.82, 2.24) is 4.72 Å². The molecule has 13 heavy (non-hydrogen) atoms. The van der Waals surface area contributed by atoms with Crippen LogP contribution in [0.2, 0.25) is 0 Å². The van der Waals surface area contributed by atoms with Gasteiger partial charge in [-0.3, -0.25) is 5.41 Å². The number of nitrogens with one attached hydrogen (secondary N) is 2. The van der Waals surface area contributed by atoms with E-state index in [4.69, 9.17) is 11.1 Å². The summed E-state index contributed by atoms with van der Waals surface area (Å²) in [6.07, 6.45) is 0.587. The minimum absolute atomic E-state index is 0.000742. The molecule has 0 saturated carbocycles. The quantitative estimate of drug-likeness (QED) is 0.419. The molecule has 0 bridgehead atoms. The molecule has 5 nitrogen and oxygen atoms in total. The summed E-state index contributed by atoms with van der Waals surface area (Å²) in [6, 6.07) is 0. The highest BCUT2D eigenvalue weighted by Crippen LogP contribution is 1.94. The normalized spacial score (nSPS) is 14.0. The highest BCUT2D eigenvalue weighted by atomic mass is 32.2. The number of rotatable bonds is 6. The van der Waals surface area contributed by atoms with Crippen molar-refractivity contribution in [2.45, 2.75) is 20.3 Å². The van der Waals surface area contributed by atoms with E-state index in [1.165, 1.54) is 0 Å². The van der Waals surface area contributed by atoms with Crippen LogP contribution in [0.1, 0.15) is 20.3 Å². The molecule has 0 fully saturated rings. The summed E-state index contributed by atoms with van der Waals surface area (Å²) in [5.74, 6) is -0.122. The van der Waals surface area contributed by atoms with Gasteiger partial charge in [-0.2, -0.15) is 0 Å². The van der Waals surface area contributed by atoms with E-state index in [0.717, 1.165) is 0 Å². The summed E-state index contributed by atoms with van der Waals surface area (Å²) in [5.41, 5.74) is 5.19. The van der Waals surface area contributed by atoms with Crippen LogP contribution in [0.4, 0.5) is 0 Å². The Morgan fingerprint density at radius 3 is 2.54 bits per heavy atom. The van der Waals surface area contributed by atoms with E-state index in [0.29, 0.717) is 6.42 Å². The lowest BCUT2D eigenvalue weighted by Crippen LogP contribution is -2.35. The highest BCUT2D eigenvalue weighted by molar-refractivity contribution is 7.89. The van der Waals surface area contributed by atoms with E-state index in [1.54, 1.807) is 13.8 Å². The Morgan fingerprint density at radius 2 is 2.15 bits per heavy atom. The topological polar surface area (TPSA) is 96.0 Å². The predicted octanol–water partition coefficient (Wildman–Crippen LogP) is -0.112. The van der Waals surface area contributed by atoms with Crippen LogP contribution in [-0.2, 0) is 10.0 Å². The Hall–Kier alpha value is -0.620. The fourth-order valence-electron chi connectivity index (χ4n) is 0.703. The van der Waals surface area contributed by atoms with Gasteiger partial charge in [-0.1, -0.05) is 13.8 Å². The van der Waals surface area contributed by atoms with Crippen molar-refractivity contribution in [2.24, 2.45) is 11.7 Å².